The van der Waals surface area contributed by atoms with E-state index in [1.165, 1.54) is 6.20 Å². The van der Waals surface area contributed by atoms with Crippen LogP contribution in [-0.4, -0.2) is 48.2 Å². The normalized spacial score (nSPS) is 18.8. The van der Waals surface area contributed by atoms with Crippen LogP contribution in [-0.2, 0) is 9.53 Å². The van der Waals surface area contributed by atoms with Crippen LogP contribution >= 0.6 is 11.6 Å². The molecule has 2 heterocycles. The van der Waals surface area contributed by atoms with Gasteiger partial charge in [0.1, 0.15) is 11.1 Å². The average Bonchev–Trinajstić information content (AvgIpc) is 2.48. The number of nitrogen functional groups attached to an aromatic ring is 1. The molecule has 110 valence electrons. The van der Waals surface area contributed by atoms with Crippen LogP contribution in [0.15, 0.2) is 6.20 Å². The van der Waals surface area contributed by atoms with Crippen LogP contribution in [0.5, 0.6) is 0 Å². The second kappa shape index (κ2) is 6.69. The molecule has 0 aliphatic carbocycles. The highest BCUT2D eigenvalue weighted by Crippen LogP contribution is 2.26. The number of nitrogens with zero attached hydrogens (tertiary/aromatic N) is 3. The molecule has 1 saturated heterocycles. The van der Waals surface area contributed by atoms with Crippen LogP contribution in [0.4, 0.5) is 11.8 Å². The number of nitrogens with one attached hydrogen (secondary N) is 2. The number of hydrogen-bond donors (Lipinski definition) is 3. The Kier molecular flexibility index (Phi) is 4.94. The maximum Gasteiger partial charge on any atom is 0.245 e. The van der Waals surface area contributed by atoms with Gasteiger partial charge in [0.25, 0.3) is 0 Å². The van der Waals surface area contributed by atoms with Crippen molar-refractivity contribution in [3.63, 3.8) is 0 Å². The molecule has 4 N–H and O–H groups in total. The predicted molar refractivity (Wildman–Crippen MR) is 75.5 cm³/mol. The number of nitrogens with two attached hydrogens (primary N) is 1. The first kappa shape index (κ1) is 14.8. The SMILES string of the molecule is CCNC(=O)C1COCCN1c1nc(NN)ncc1Cl. The zero-order chi connectivity index (χ0) is 14.5. The Bertz CT molecular complexity index is 486. The van der Waals surface area contributed by atoms with Gasteiger partial charge in [0, 0.05) is 13.1 Å². The number of amides is 1. The largest absolute Gasteiger partial charge is 0.377 e. The predicted octanol–water partition coefficient (Wildman–Crippen LogP) is -0.243. The Balaban J connectivity index is 2.29. The summed E-state index contributed by atoms with van der Waals surface area (Å²) in [5.74, 6) is 5.89. The standard InChI is InChI=1S/C11H17ClN6O2/c1-2-14-10(19)8-6-20-4-3-18(8)9-7(12)5-15-11(16-9)17-13/h5,8H,2-4,6,13H2,1H3,(H,14,19)(H,15,16,17). The third kappa shape index (κ3) is 3.09. The molecular weight excluding hydrogens is 284 g/mol. The molecule has 20 heavy (non-hydrogen) atoms. The van der Waals surface area contributed by atoms with Gasteiger partial charge in [0.2, 0.25) is 11.9 Å². The van der Waals surface area contributed by atoms with Gasteiger partial charge in [-0.3, -0.25) is 10.2 Å². The molecule has 0 spiro atoms. The van der Waals surface area contributed by atoms with Crippen molar-refractivity contribution in [2.45, 2.75) is 13.0 Å². The van der Waals surface area contributed by atoms with Crippen LogP contribution in [0.1, 0.15) is 6.92 Å². The van der Waals surface area contributed by atoms with E-state index in [0.717, 1.165) is 0 Å². The molecule has 1 aromatic heterocycles. The van der Waals surface area contributed by atoms with Gasteiger partial charge >= 0.3 is 0 Å². The average molecular weight is 301 g/mol. The van der Waals surface area contributed by atoms with E-state index in [9.17, 15) is 4.79 Å². The molecular formula is C11H17ClN6O2. The zero-order valence-corrected chi connectivity index (χ0v) is 11.9. The molecule has 1 aliphatic rings. The van der Waals surface area contributed by atoms with Crippen molar-refractivity contribution in [3.8, 4) is 0 Å². The van der Waals surface area contributed by atoms with Crippen molar-refractivity contribution >= 4 is 29.3 Å². The summed E-state index contributed by atoms with van der Waals surface area (Å²) >= 11 is 6.13. The minimum absolute atomic E-state index is 0.121. The second-order valence-corrected chi connectivity index (χ2v) is 4.60. The Morgan fingerprint density at radius 2 is 2.50 bits per heavy atom. The number of halogens is 1. The summed E-state index contributed by atoms with van der Waals surface area (Å²) in [7, 11) is 0. The third-order valence-electron chi connectivity index (χ3n) is 2.91. The summed E-state index contributed by atoms with van der Waals surface area (Å²) < 4.78 is 5.37. The van der Waals surface area contributed by atoms with Crippen LogP contribution in [0.25, 0.3) is 0 Å². The Morgan fingerprint density at radius 3 is 3.20 bits per heavy atom. The van der Waals surface area contributed by atoms with Crippen molar-refractivity contribution in [2.24, 2.45) is 5.84 Å². The lowest BCUT2D eigenvalue weighted by atomic mass is 10.2. The van der Waals surface area contributed by atoms with Gasteiger partial charge in [-0.15, -0.1) is 0 Å². The molecule has 2 rings (SSSR count). The van der Waals surface area contributed by atoms with Crippen molar-refractivity contribution in [1.82, 2.24) is 15.3 Å². The summed E-state index contributed by atoms with van der Waals surface area (Å²) in [4.78, 5) is 22.0. The first-order valence-corrected chi connectivity index (χ1v) is 6.66. The van der Waals surface area contributed by atoms with Crippen molar-refractivity contribution in [2.75, 3.05) is 36.6 Å². The number of anilines is 2. The molecule has 1 fully saturated rings. The van der Waals surface area contributed by atoms with Gasteiger partial charge in [0.05, 0.1) is 19.4 Å². The van der Waals surface area contributed by atoms with Crippen molar-refractivity contribution in [1.29, 1.82) is 0 Å². The van der Waals surface area contributed by atoms with Gasteiger partial charge in [-0.25, -0.2) is 10.8 Å². The maximum atomic E-state index is 12.1. The smallest absolute Gasteiger partial charge is 0.245 e. The van der Waals surface area contributed by atoms with E-state index in [-0.39, 0.29) is 18.5 Å². The van der Waals surface area contributed by atoms with Crippen LogP contribution in [0.3, 0.4) is 0 Å². The molecule has 0 aromatic carbocycles. The number of aromatic nitrogens is 2. The molecule has 0 radical (unpaired) electrons. The van der Waals surface area contributed by atoms with E-state index in [2.05, 4.69) is 20.7 Å². The summed E-state index contributed by atoms with van der Waals surface area (Å²) in [6, 6.07) is -0.471. The number of carbonyl (C=O) groups is 1. The van der Waals surface area contributed by atoms with Crippen molar-refractivity contribution < 1.29 is 9.53 Å². The maximum absolute atomic E-state index is 12.1. The monoisotopic (exact) mass is 300 g/mol. The summed E-state index contributed by atoms with van der Waals surface area (Å²) in [6.45, 7) is 3.72. The summed E-state index contributed by atoms with van der Waals surface area (Å²) in [5, 5.41) is 3.14. The number of hydrogen-bond acceptors (Lipinski definition) is 7. The topological polar surface area (TPSA) is 105 Å². The second-order valence-electron chi connectivity index (χ2n) is 4.19. The molecule has 1 unspecified atom stereocenters. The molecule has 1 aliphatic heterocycles. The van der Waals surface area contributed by atoms with Gasteiger partial charge in [-0.2, -0.15) is 4.98 Å². The molecule has 1 atom stereocenters. The van der Waals surface area contributed by atoms with E-state index >= 15 is 0 Å². The first-order valence-electron chi connectivity index (χ1n) is 6.28. The highest BCUT2D eigenvalue weighted by Gasteiger charge is 2.31. The van der Waals surface area contributed by atoms with Gasteiger partial charge < -0.3 is 15.0 Å². The number of likely N-dealkylation sites (N-methyl/N-ethyl adjacent to an activating group) is 1. The van der Waals surface area contributed by atoms with Crippen molar-refractivity contribution in [3.05, 3.63) is 11.2 Å². The summed E-state index contributed by atoms with van der Waals surface area (Å²) in [5.41, 5.74) is 2.36. The Morgan fingerprint density at radius 1 is 1.70 bits per heavy atom. The van der Waals surface area contributed by atoms with Gasteiger partial charge in [0.15, 0.2) is 5.82 Å². The fraction of sp³-hybridized carbons (Fsp3) is 0.545. The summed E-state index contributed by atoms with van der Waals surface area (Å²) in [6.07, 6.45) is 1.45. The lowest BCUT2D eigenvalue weighted by molar-refractivity contribution is -0.124. The van der Waals surface area contributed by atoms with E-state index in [4.69, 9.17) is 22.2 Å². The Labute approximate surface area is 121 Å². The molecule has 0 bridgehead atoms. The molecule has 1 amide bonds. The van der Waals surface area contributed by atoms with E-state index < -0.39 is 6.04 Å². The van der Waals surface area contributed by atoms with Crippen LogP contribution < -0.4 is 21.5 Å². The highest BCUT2D eigenvalue weighted by molar-refractivity contribution is 6.32. The van der Waals surface area contributed by atoms with Gasteiger partial charge in [-0.05, 0) is 6.92 Å². The zero-order valence-electron chi connectivity index (χ0n) is 11.1. The van der Waals surface area contributed by atoms with Crippen LogP contribution in [0, 0.1) is 0 Å². The number of ether oxygens (including phenoxy) is 1. The van der Waals surface area contributed by atoms with E-state index in [0.29, 0.717) is 30.5 Å². The minimum Gasteiger partial charge on any atom is -0.377 e. The fourth-order valence-electron chi connectivity index (χ4n) is 2.00. The first-order chi connectivity index (χ1) is 9.67. The molecule has 9 heteroatoms. The lowest BCUT2D eigenvalue weighted by Gasteiger charge is -2.35. The molecule has 8 nitrogen and oxygen atoms in total. The molecule has 0 saturated carbocycles. The number of morpholine rings is 1. The van der Waals surface area contributed by atoms with E-state index in [1.54, 1.807) is 4.90 Å². The lowest BCUT2D eigenvalue weighted by Crippen LogP contribution is -2.54. The minimum atomic E-state index is -0.471. The van der Waals surface area contributed by atoms with Crippen LogP contribution in [0.2, 0.25) is 5.02 Å². The fourth-order valence-corrected chi connectivity index (χ4v) is 2.20. The quantitative estimate of drug-likeness (QED) is 0.520. The highest BCUT2D eigenvalue weighted by atomic mass is 35.5. The third-order valence-corrected chi connectivity index (χ3v) is 3.18. The number of rotatable bonds is 4. The van der Waals surface area contributed by atoms with E-state index in [1.807, 2.05) is 6.92 Å². The number of carbonyl (C=O) groups excluding carboxylic acids is 1. The Hall–Kier alpha value is -1.64. The number of hydrazine groups is 1. The van der Waals surface area contributed by atoms with Gasteiger partial charge in [-0.1, -0.05) is 11.6 Å². The molecule has 1 aromatic rings.